The van der Waals surface area contributed by atoms with Crippen molar-refractivity contribution >= 4 is 6.03 Å². The standard InChI is InChI=1S/C18H24N2O3/c21-11-14-15-10-20(12-18(15)8-6-16(14)23-18)17(22)19-9-7-13-4-2-1-3-5-13/h1-5,14-16,21H,6-12H2,(H,19,22)/t14-,15+,16+,18+/m0/s1. The van der Waals surface area contributed by atoms with E-state index >= 15 is 0 Å². The van der Waals surface area contributed by atoms with Crippen molar-refractivity contribution in [1.82, 2.24) is 10.2 Å². The Labute approximate surface area is 136 Å². The highest BCUT2D eigenvalue weighted by Crippen LogP contribution is 2.54. The maximum Gasteiger partial charge on any atom is 0.317 e. The Balaban J connectivity index is 1.32. The predicted octanol–water partition coefficient (Wildman–Crippen LogP) is 1.41. The van der Waals surface area contributed by atoms with E-state index in [0.717, 1.165) is 19.3 Å². The van der Waals surface area contributed by atoms with Crippen LogP contribution < -0.4 is 5.32 Å². The van der Waals surface area contributed by atoms with Crippen molar-refractivity contribution in [2.24, 2.45) is 11.8 Å². The van der Waals surface area contributed by atoms with Gasteiger partial charge in [0.1, 0.15) is 0 Å². The molecule has 2 N–H and O–H groups in total. The van der Waals surface area contributed by atoms with Gasteiger partial charge in [-0.25, -0.2) is 4.79 Å². The second-order valence-electron chi connectivity index (χ2n) is 7.06. The van der Waals surface area contributed by atoms with E-state index in [2.05, 4.69) is 17.4 Å². The molecule has 4 rings (SSSR count). The monoisotopic (exact) mass is 316 g/mol. The summed E-state index contributed by atoms with van der Waals surface area (Å²) in [6.07, 6.45) is 3.08. The molecular formula is C18H24N2O3. The topological polar surface area (TPSA) is 61.8 Å². The van der Waals surface area contributed by atoms with Crippen molar-refractivity contribution in [2.75, 3.05) is 26.2 Å². The predicted molar refractivity (Wildman–Crippen MR) is 86.0 cm³/mol. The van der Waals surface area contributed by atoms with Crippen molar-refractivity contribution in [2.45, 2.75) is 31.0 Å². The maximum absolute atomic E-state index is 12.4. The Kier molecular flexibility index (Phi) is 3.77. The lowest BCUT2D eigenvalue weighted by atomic mass is 9.74. The number of likely N-dealkylation sites (tertiary alicyclic amines) is 1. The normalized spacial score (nSPS) is 34.7. The Morgan fingerprint density at radius 1 is 1.39 bits per heavy atom. The van der Waals surface area contributed by atoms with E-state index in [-0.39, 0.29) is 30.3 Å². The van der Waals surface area contributed by atoms with Crippen LogP contribution in [0.5, 0.6) is 0 Å². The minimum atomic E-state index is -0.186. The average Bonchev–Trinajstić information content (AvgIpc) is 3.23. The largest absolute Gasteiger partial charge is 0.396 e. The fourth-order valence-corrected chi connectivity index (χ4v) is 4.66. The smallest absolute Gasteiger partial charge is 0.317 e. The average molecular weight is 316 g/mol. The van der Waals surface area contributed by atoms with Crippen LogP contribution in [0.2, 0.25) is 0 Å². The third-order valence-electron chi connectivity index (χ3n) is 5.81. The molecule has 0 radical (unpaired) electrons. The van der Waals surface area contributed by atoms with Crippen molar-refractivity contribution < 1.29 is 14.6 Å². The van der Waals surface area contributed by atoms with E-state index in [1.807, 2.05) is 23.1 Å². The van der Waals surface area contributed by atoms with Crippen molar-refractivity contribution in [3.05, 3.63) is 35.9 Å². The van der Waals surface area contributed by atoms with Crippen LogP contribution >= 0.6 is 0 Å². The van der Waals surface area contributed by atoms with Crippen LogP contribution in [0.15, 0.2) is 30.3 Å². The van der Waals surface area contributed by atoms with E-state index in [1.54, 1.807) is 0 Å². The number of carbonyl (C=O) groups excluding carboxylic acids is 1. The van der Waals surface area contributed by atoms with Gasteiger partial charge in [-0.05, 0) is 24.8 Å². The number of amides is 2. The van der Waals surface area contributed by atoms with Gasteiger partial charge in [0.2, 0.25) is 0 Å². The molecule has 0 aromatic heterocycles. The number of hydrogen-bond acceptors (Lipinski definition) is 3. The van der Waals surface area contributed by atoms with Gasteiger partial charge in [-0.2, -0.15) is 0 Å². The number of ether oxygens (including phenoxy) is 1. The lowest BCUT2D eigenvalue weighted by Gasteiger charge is -2.27. The number of aliphatic hydroxyl groups excluding tert-OH is 1. The third-order valence-corrected chi connectivity index (χ3v) is 5.81. The lowest BCUT2D eigenvalue weighted by molar-refractivity contribution is 0.00393. The molecule has 5 heteroatoms. The fraction of sp³-hybridized carbons (Fsp3) is 0.611. The molecular weight excluding hydrogens is 292 g/mol. The number of nitrogens with one attached hydrogen (secondary N) is 1. The molecule has 1 spiro atoms. The molecule has 0 saturated carbocycles. The highest BCUT2D eigenvalue weighted by atomic mass is 16.5. The molecule has 2 amide bonds. The fourth-order valence-electron chi connectivity index (χ4n) is 4.66. The first-order valence-corrected chi connectivity index (χ1v) is 8.57. The van der Waals surface area contributed by atoms with Gasteiger partial charge in [0.05, 0.1) is 18.2 Å². The molecule has 3 aliphatic heterocycles. The van der Waals surface area contributed by atoms with Gasteiger partial charge in [0.15, 0.2) is 0 Å². The van der Waals surface area contributed by atoms with Gasteiger partial charge in [0.25, 0.3) is 0 Å². The summed E-state index contributed by atoms with van der Waals surface area (Å²) in [6.45, 7) is 2.19. The summed E-state index contributed by atoms with van der Waals surface area (Å²) >= 11 is 0. The van der Waals surface area contributed by atoms with E-state index in [1.165, 1.54) is 5.56 Å². The van der Waals surface area contributed by atoms with Gasteiger partial charge in [-0.15, -0.1) is 0 Å². The number of aliphatic hydroxyl groups is 1. The van der Waals surface area contributed by atoms with Gasteiger partial charge >= 0.3 is 6.03 Å². The number of rotatable bonds is 4. The van der Waals surface area contributed by atoms with Crippen LogP contribution in [0.1, 0.15) is 18.4 Å². The molecule has 3 fully saturated rings. The van der Waals surface area contributed by atoms with Gasteiger partial charge < -0.3 is 20.1 Å². The zero-order chi connectivity index (χ0) is 15.9. The first kappa shape index (κ1) is 15.0. The summed E-state index contributed by atoms with van der Waals surface area (Å²) in [6, 6.07) is 10.2. The van der Waals surface area contributed by atoms with Crippen molar-refractivity contribution in [3.63, 3.8) is 0 Å². The maximum atomic E-state index is 12.4. The molecule has 0 aliphatic carbocycles. The second-order valence-corrected chi connectivity index (χ2v) is 7.06. The second kappa shape index (κ2) is 5.80. The first-order valence-electron chi connectivity index (χ1n) is 8.57. The van der Waals surface area contributed by atoms with Crippen LogP contribution in [0.25, 0.3) is 0 Å². The summed E-state index contributed by atoms with van der Waals surface area (Å²) in [5.74, 6) is 0.497. The summed E-state index contributed by atoms with van der Waals surface area (Å²) in [5, 5.41) is 12.6. The quantitative estimate of drug-likeness (QED) is 0.883. The Hall–Kier alpha value is -1.59. The Morgan fingerprint density at radius 3 is 3.00 bits per heavy atom. The first-order chi connectivity index (χ1) is 11.2. The van der Waals surface area contributed by atoms with Crippen LogP contribution in [0, 0.1) is 11.8 Å². The van der Waals surface area contributed by atoms with Gasteiger partial charge in [-0.1, -0.05) is 30.3 Å². The summed E-state index contributed by atoms with van der Waals surface area (Å²) < 4.78 is 6.16. The molecule has 1 aromatic rings. The lowest BCUT2D eigenvalue weighted by Crippen LogP contribution is -2.42. The van der Waals surface area contributed by atoms with Gasteiger partial charge in [-0.3, -0.25) is 0 Å². The number of carbonyl (C=O) groups is 1. The summed E-state index contributed by atoms with van der Waals surface area (Å²) in [7, 11) is 0. The SMILES string of the molecule is O=C(NCCc1ccccc1)N1C[C@@H]2[C@H](CO)[C@H]3CC[C@]2(C1)O3. The summed E-state index contributed by atoms with van der Waals surface area (Å²) in [4.78, 5) is 14.3. The minimum absolute atomic E-state index is 0.00607. The van der Waals surface area contributed by atoms with E-state index in [9.17, 15) is 9.90 Å². The van der Waals surface area contributed by atoms with Gasteiger partial charge in [0, 0.05) is 31.5 Å². The molecule has 4 atom stereocenters. The zero-order valence-electron chi connectivity index (χ0n) is 13.3. The molecule has 3 heterocycles. The molecule has 0 unspecified atom stereocenters. The molecule has 1 aromatic carbocycles. The van der Waals surface area contributed by atoms with Crippen molar-refractivity contribution in [3.8, 4) is 0 Å². The Morgan fingerprint density at radius 2 is 2.22 bits per heavy atom. The van der Waals surface area contributed by atoms with E-state index in [4.69, 9.17) is 4.74 Å². The number of urea groups is 1. The van der Waals surface area contributed by atoms with Crippen LogP contribution in [-0.2, 0) is 11.2 Å². The van der Waals surface area contributed by atoms with E-state index in [0.29, 0.717) is 25.6 Å². The van der Waals surface area contributed by atoms with Crippen molar-refractivity contribution in [1.29, 1.82) is 0 Å². The highest BCUT2D eigenvalue weighted by Gasteiger charge is 2.63. The zero-order valence-corrected chi connectivity index (χ0v) is 13.3. The number of nitrogens with zero attached hydrogens (tertiary/aromatic N) is 1. The third kappa shape index (κ3) is 2.52. The molecule has 124 valence electrons. The minimum Gasteiger partial charge on any atom is -0.396 e. The molecule has 23 heavy (non-hydrogen) atoms. The Bertz CT molecular complexity index is 579. The van der Waals surface area contributed by atoms with Crippen LogP contribution in [-0.4, -0.2) is 54.0 Å². The number of benzene rings is 1. The van der Waals surface area contributed by atoms with E-state index < -0.39 is 0 Å². The highest BCUT2D eigenvalue weighted by molar-refractivity contribution is 5.74. The molecule has 2 bridgehead atoms. The number of hydrogen-bond donors (Lipinski definition) is 2. The van der Waals surface area contributed by atoms with Crippen LogP contribution in [0.3, 0.4) is 0 Å². The van der Waals surface area contributed by atoms with Crippen LogP contribution in [0.4, 0.5) is 4.79 Å². The summed E-state index contributed by atoms with van der Waals surface area (Å²) in [5.41, 5.74) is 1.04. The molecule has 5 nitrogen and oxygen atoms in total. The molecule has 3 saturated heterocycles. The molecule has 3 aliphatic rings. The number of fused-ring (bicyclic) bond motifs is 1.